The molecule has 0 radical (unpaired) electrons. The molecule has 2 N–H and O–H groups in total. The van der Waals surface area contributed by atoms with Crippen molar-refractivity contribution in [2.45, 2.75) is 25.8 Å². The first-order chi connectivity index (χ1) is 9.93. The highest BCUT2D eigenvalue weighted by Crippen LogP contribution is 2.20. The zero-order chi connectivity index (χ0) is 15.8. The number of aliphatic hydroxyl groups excluding tert-OH is 1. The largest absolute Gasteiger partial charge is 0.396 e. The van der Waals surface area contributed by atoms with E-state index in [9.17, 15) is 19.3 Å². The summed E-state index contributed by atoms with van der Waals surface area (Å²) in [7, 11) is 0. The van der Waals surface area contributed by atoms with Gasteiger partial charge in [-0.15, -0.1) is 0 Å². The molecule has 0 bridgehead atoms. The third kappa shape index (κ3) is 5.70. The Morgan fingerprint density at radius 1 is 1.57 bits per heavy atom. The Morgan fingerprint density at radius 3 is 2.90 bits per heavy atom. The van der Waals surface area contributed by atoms with Crippen molar-refractivity contribution in [3.8, 4) is 0 Å². The minimum absolute atomic E-state index is 0.0534. The summed E-state index contributed by atoms with van der Waals surface area (Å²) in [4.78, 5) is 21.7. The van der Waals surface area contributed by atoms with E-state index in [4.69, 9.17) is 5.11 Å². The van der Waals surface area contributed by atoms with E-state index in [1.54, 1.807) is 6.92 Å². The molecular weight excluding hydrogens is 279 g/mol. The van der Waals surface area contributed by atoms with Crippen LogP contribution in [0, 0.1) is 15.9 Å². The fourth-order valence-corrected chi connectivity index (χ4v) is 1.74. The average molecular weight is 296 g/mol. The van der Waals surface area contributed by atoms with E-state index in [1.807, 2.05) is 0 Å². The van der Waals surface area contributed by atoms with Crippen LogP contribution in [0.15, 0.2) is 24.3 Å². The van der Waals surface area contributed by atoms with Crippen LogP contribution in [0.4, 0.5) is 10.1 Å². The summed E-state index contributed by atoms with van der Waals surface area (Å²) in [5, 5.41) is 22.1. The lowest BCUT2D eigenvalue weighted by Gasteiger charge is -2.10. The fraction of sp³-hybridized carbons (Fsp3) is 0.357. The minimum Gasteiger partial charge on any atom is -0.396 e. The fourth-order valence-electron chi connectivity index (χ4n) is 1.74. The van der Waals surface area contributed by atoms with Gasteiger partial charge in [0.05, 0.1) is 16.6 Å². The molecule has 0 fully saturated rings. The molecule has 1 atom stereocenters. The van der Waals surface area contributed by atoms with Crippen LogP contribution in [0.25, 0.3) is 6.08 Å². The van der Waals surface area contributed by atoms with E-state index in [0.717, 1.165) is 18.2 Å². The molecule has 114 valence electrons. The molecule has 1 aromatic rings. The second kappa shape index (κ2) is 8.11. The topological polar surface area (TPSA) is 92.5 Å². The van der Waals surface area contributed by atoms with E-state index in [2.05, 4.69) is 5.32 Å². The quantitative estimate of drug-likeness (QED) is 0.457. The number of aliphatic hydroxyl groups is 1. The molecule has 0 spiro atoms. The minimum atomic E-state index is -0.707. The molecule has 1 amide bonds. The highest BCUT2D eigenvalue weighted by Gasteiger charge is 2.13. The molecule has 7 heteroatoms. The summed E-state index contributed by atoms with van der Waals surface area (Å²) in [5.41, 5.74) is -0.244. The monoisotopic (exact) mass is 296 g/mol. The van der Waals surface area contributed by atoms with Crippen molar-refractivity contribution in [3.63, 3.8) is 0 Å². The molecule has 0 aliphatic rings. The van der Waals surface area contributed by atoms with Gasteiger partial charge in [0.25, 0.3) is 5.69 Å². The Hall–Kier alpha value is -2.28. The molecule has 1 unspecified atom stereocenters. The van der Waals surface area contributed by atoms with Crippen molar-refractivity contribution in [1.29, 1.82) is 0 Å². The molecule has 1 aromatic carbocycles. The van der Waals surface area contributed by atoms with Crippen LogP contribution in [-0.4, -0.2) is 28.6 Å². The SMILES string of the molecule is CC(CCCO)NC(=O)/C=C/c1ccc(F)cc1[N+](=O)[O-]. The molecule has 0 aliphatic carbocycles. The Kier molecular flexibility index (Phi) is 6.48. The maximum absolute atomic E-state index is 13.0. The van der Waals surface area contributed by atoms with Crippen LogP contribution in [-0.2, 0) is 4.79 Å². The van der Waals surface area contributed by atoms with Crippen LogP contribution in [0.1, 0.15) is 25.3 Å². The van der Waals surface area contributed by atoms with Crippen LogP contribution < -0.4 is 5.32 Å². The first kappa shape index (κ1) is 16.8. The lowest BCUT2D eigenvalue weighted by atomic mass is 10.1. The standard InChI is InChI=1S/C14H17FN2O4/c1-10(3-2-8-18)16-14(19)7-5-11-4-6-12(15)9-13(11)17(20)21/h4-7,9-10,18H,2-3,8H2,1H3,(H,16,19)/b7-5+. The molecular formula is C14H17FN2O4. The van der Waals surface area contributed by atoms with Gasteiger partial charge in [-0.2, -0.15) is 0 Å². The van der Waals surface area contributed by atoms with Gasteiger partial charge in [-0.25, -0.2) is 4.39 Å². The number of hydrogen-bond donors (Lipinski definition) is 2. The molecule has 0 aliphatic heterocycles. The molecule has 0 saturated carbocycles. The van der Waals surface area contributed by atoms with Crippen LogP contribution in [0.3, 0.4) is 0 Å². The summed E-state index contributed by atoms with van der Waals surface area (Å²) in [6, 6.07) is 3.03. The Balaban J connectivity index is 2.72. The first-order valence-electron chi connectivity index (χ1n) is 6.47. The van der Waals surface area contributed by atoms with Crippen LogP contribution >= 0.6 is 0 Å². The summed E-state index contributed by atoms with van der Waals surface area (Å²) in [5.74, 6) is -1.11. The Labute approximate surface area is 121 Å². The van der Waals surface area contributed by atoms with Gasteiger partial charge in [0.1, 0.15) is 5.82 Å². The number of carbonyl (C=O) groups is 1. The van der Waals surface area contributed by atoms with E-state index < -0.39 is 22.3 Å². The van der Waals surface area contributed by atoms with Gasteiger partial charge in [-0.3, -0.25) is 14.9 Å². The lowest BCUT2D eigenvalue weighted by molar-refractivity contribution is -0.385. The summed E-state index contributed by atoms with van der Waals surface area (Å²) >= 11 is 0. The molecule has 6 nitrogen and oxygen atoms in total. The van der Waals surface area contributed by atoms with Gasteiger partial charge in [-0.1, -0.05) is 0 Å². The molecule has 21 heavy (non-hydrogen) atoms. The Bertz CT molecular complexity index is 546. The third-order valence-corrected chi connectivity index (χ3v) is 2.79. The van der Waals surface area contributed by atoms with Crippen molar-refractivity contribution in [2.75, 3.05) is 6.61 Å². The highest BCUT2D eigenvalue weighted by atomic mass is 19.1. The molecule has 0 saturated heterocycles. The van der Waals surface area contributed by atoms with Crippen molar-refractivity contribution in [1.82, 2.24) is 5.32 Å². The smallest absolute Gasteiger partial charge is 0.279 e. The Morgan fingerprint density at radius 2 is 2.29 bits per heavy atom. The van der Waals surface area contributed by atoms with Gasteiger partial charge in [0.2, 0.25) is 5.91 Å². The molecule has 0 aromatic heterocycles. The normalized spacial score (nSPS) is 12.3. The second-order valence-corrected chi connectivity index (χ2v) is 4.57. The number of carbonyl (C=O) groups excluding carboxylic acids is 1. The predicted octanol–water partition coefficient (Wildman–Crippen LogP) is 2.02. The summed E-state index contributed by atoms with van der Waals surface area (Å²) in [6.07, 6.45) is 3.64. The number of nitro benzene ring substituents is 1. The van der Waals surface area contributed by atoms with E-state index in [-0.39, 0.29) is 18.2 Å². The number of rotatable bonds is 7. The van der Waals surface area contributed by atoms with Crippen molar-refractivity contribution in [2.24, 2.45) is 0 Å². The second-order valence-electron chi connectivity index (χ2n) is 4.57. The van der Waals surface area contributed by atoms with Crippen molar-refractivity contribution < 1.29 is 19.2 Å². The van der Waals surface area contributed by atoms with Gasteiger partial charge >= 0.3 is 0 Å². The van der Waals surface area contributed by atoms with E-state index in [1.165, 1.54) is 12.1 Å². The number of nitro groups is 1. The zero-order valence-electron chi connectivity index (χ0n) is 11.6. The predicted molar refractivity (Wildman–Crippen MR) is 76.0 cm³/mol. The van der Waals surface area contributed by atoms with E-state index >= 15 is 0 Å². The first-order valence-corrected chi connectivity index (χ1v) is 6.47. The number of benzene rings is 1. The molecule has 0 heterocycles. The number of nitrogens with zero attached hydrogens (tertiary/aromatic N) is 1. The molecule has 1 rings (SSSR count). The number of nitrogens with one attached hydrogen (secondary N) is 1. The van der Waals surface area contributed by atoms with Crippen LogP contribution in [0.5, 0.6) is 0 Å². The van der Waals surface area contributed by atoms with Gasteiger partial charge in [0, 0.05) is 18.7 Å². The van der Waals surface area contributed by atoms with Crippen LogP contribution in [0.2, 0.25) is 0 Å². The third-order valence-electron chi connectivity index (χ3n) is 2.79. The summed E-state index contributed by atoms with van der Waals surface area (Å²) < 4.78 is 13.0. The van der Waals surface area contributed by atoms with E-state index in [0.29, 0.717) is 12.8 Å². The maximum atomic E-state index is 13.0. The van der Waals surface area contributed by atoms with Crippen molar-refractivity contribution >= 4 is 17.7 Å². The number of halogens is 1. The summed E-state index contributed by atoms with van der Waals surface area (Å²) in [6.45, 7) is 1.85. The van der Waals surface area contributed by atoms with Gasteiger partial charge in [-0.05, 0) is 38.0 Å². The maximum Gasteiger partial charge on any atom is 0.279 e. The lowest BCUT2D eigenvalue weighted by Crippen LogP contribution is -2.31. The highest BCUT2D eigenvalue weighted by molar-refractivity contribution is 5.92. The van der Waals surface area contributed by atoms with Crippen molar-refractivity contribution in [3.05, 3.63) is 45.8 Å². The zero-order valence-corrected chi connectivity index (χ0v) is 11.6. The number of hydrogen-bond acceptors (Lipinski definition) is 4. The average Bonchev–Trinajstić information content (AvgIpc) is 2.43. The van der Waals surface area contributed by atoms with Gasteiger partial charge < -0.3 is 10.4 Å². The van der Waals surface area contributed by atoms with Gasteiger partial charge in [0.15, 0.2) is 0 Å². The number of amides is 1.